The molecule has 0 bridgehead atoms. The number of rotatable bonds is 25. The largest absolute Gasteiger partial charge is 0.500 e. The molecule has 0 fully saturated rings. The Hall–Kier alpha value is -0.0394. The van der Waals surface area contributed by atoms with Gasteiger partial charge in [-0.1, -0.05) is 0 Å². The van der Waals surface area contributed by atoms with Crippen molar-refractivity contribution in [3.05, 3.63) is 0 Å². The van der Waals surface area contributed by atoms with Crippen LogP contribution in [-0.2, 0) is 44.6 Å². The Morgan fingerprint density at radius 2 is 0.730 bits per heavy atom. The minimum atomic E-state index is -2.68. The normalized spacial score (nSPS) is 13.4. The summed E-state index contributed by atoms with van der Waals surface area (Å²) in [6, 6.07) is 2.18. The zero-order valence-corrected chi connectivity index (χ0v) is 28.1. The predicted octanol–water partition coefficient (Wildman–Crippen LogP) is 4.71. The third-order valence-corrected chi connectivity index (χ3v) is 16.1. The minimum Gasteiger partial charge on any atom is -0.377 e. The van der Waals surface area contributed by atoms with Crippen LogP contribution in [0.15, 0.2) is 0 Å². The first-order valence-corrected chi connectivity index (χ1v) is 18.8. The van der Waals surface area contributed by atoms with Gasteiger partial charge in [0.2, 0.25) is 0 Å². The van der Waals surface area contributed by atoms with E-state index in [1.165, 1.54) is 0 Å². The molecule has 0 heterocycles. The van der Waals surface area contributed by atoms with Crippen molar-refractivity contribution >= 4 is 32.2 Å². The molecule has 0 aromatic rings. The fraction of sp³-hybridized carbons (Fsp3) is 0.958. The average Bonchev–Trinajstić information content (AvgIpc) is 2.92. The molecule has 0 aromatic carbocycles. The maximum atomic E-state index is 11.8. The second-order valence-electron chi connectivity index (χ2n) is 9.50. The summed E-state index contributed by atoms with van der Waals surface area (Å²) in [6.45, 7) is 1.66. The van der Waals surface area contributed by atoms with Crippen LogP contribution in [0.2, 0.25) is 18.1 Å². The molecule has 0 aliphatic rings. The fourth-order valence-electron chi connectivity index (χ4n) is 5.17. The summed E-state index contributed by atoms with van der Waals surface area (Å²) in [5.41, 5.74) is -0.00442. The summed E-state index contributed by atoms with van der Waals surface area (Å²) in [6.07, 6.45) is 7.92. The molecule has 0 N–H and O–H groups in total. The van der Waals surface area contributed by atoms with E-state index in [4.69, 9.17) is 39.8 Å². The average molecular weight is 587 g/mol. The minimum absolute atomic E-state index is 0.00442. The highest BCUT2D eigenvalue weighted by molar-refractivity contribution is 6.61. The van der Waals surface area contributed by atoms with Crippen molar-refractivity contribution in [2.75, 3.05) is 64.0 Å². The fourth-order valence-corrected chi connectivity index (χ4v) is 10.3. The lowest BCUT2D eigenvalue weighted by Crippen LogP contribution is -2.43. The summed E-state index contributed by atoms with van der Waals surface area (Å²) in [5.74, 6) is 0.215. The molecule has 0 saturated heterocycles. The van der Waals surface area contributed by atoms with Crippen molar-refractivity contribution in [2.24, 2.45) is 5.41 Å². The van der Waals surface area contributed by atoms with Gasteiger partial charge in [-0.2, -0.15) is 0 Å². The number of carbonyl (C=O) groups excluding carboxylic acids is 1. The van der Waals surface area contributed by atoms with Crippen LogP contribution in [0, 0.1) is 5.41 Å². The Bertz CT molecular complexity index is 510. The predicted molar refractivity (Wildman–Crippen MR) is 149 cm³/mol. The van der Waals surface area contributed by atoms with Gasteiger partial charge in [0.25, 0.3) is 0 Å². The van der Waals surface area contributed by atoms with Crippen LogP contribution in [0.1, 0.15) is 64.7 Å². The molecule has 37 heavy (non-hydrogen) atoms. The first-order valence-electron chi connectivity index (χ1n) is 13.0. The van der Waals surface area contributed by atoms with Gasteiger partial charge >= 0.3 is 26.4 Å². The highest BCUT2D eigenvalue weighted by Gasteiger charge is 2.42. The molecule has 0 spiro atoms. The van der Waals surface area contributed by atoms with Gasteiger partial charge in [0.05, 0.1) is 0 Å². The molecular formula is C24H54O10Si3. The van der Waals surface area contributed by atoms with E-state index in [-0.39, 0.29) is 11.2 Å². The Labute approximate surface area is 229 Å². The first kappa shape index (κ1) is 37.0. The van der Waals surface area contributed by atoms with Gasteiger partial charge in [-0.05, 0) is 63.7 Å². The number of Topliss-reactive ketones (excluding diaryl/α,β-unsaturated/α-hetero) is 1. The summed E-state index contributed by atoms with van der Waals surface area (Å²) in [7, 11) is 6.77. The molecule has 0 atom stereocenters. The van der Waals surface area contributed by atoms with E-state index in [0.717, 1.165) is 69.5 Å². The number of hydrogen-bond donors (Lipinski definition) is 0. The van der Waals surface area contributed by atoms with Crippen molar-refractivity contribution in [3.63, 3.8) is 0 Å². The van der Waals surface area contributed by atoms with Gasteiger partial charge in [0, 0.05) is 88.5 Å². The van der Waals surface area contributed by atoms with Crippen molar-refractivity contribution < 1.29 is 44.6 Å². The smallest absolute Gasteiger partial charge is 0.377 e. The van der Waals surface area contributed by atoms with Crippen LogP contribution in [0.3, 0.4) is 0 Å². The molecule has 0 aliphatic carbocycles. The van der Waals surface area contributed by atoms with E-state index in [1.807, 2.05) is 0 Å². The van der Waals surface area contributed by atoms with Crippen molar-refractivity contribution in [1.29, 1.82) is 0 Å². The zero-order chi connectivity index (χ0) is 28.4. The molecule has 0 aliphatic heterocycles. The summed E-state index contributed by atoms with van der Waals surface area (Å²) >= 11 is 0. The van der Waals surface area contributed by atoms with Crippen LogP contribution in [0.25, 0.3) is 0 Å². The molecule has 10 nitrogen and oxygen atoms in total. The lowest BCUT2D eigenvalue weighted by atomic mass is 9.72. The molecule has 0 radical (unpaired) electrons. The summed E-state index contributed by atoms with van der Waals surface area (Å²) < 4.78 is 51.0. The van der Waals surface area contributed by atoms with E-state index in [1.54, 1.807) is 70.9 Å². The highest BCUT2D eigenvalue weighted by Crippen LogP contribution is 2.43. The number of hydrogen-bond acceptors (Lipinski definition) is 10. The standard InChI is InChI=1S/C24H54O10Si3/c1-23(25)15-11-16-24(17-12-20-35(26-2,27-3)28-4,18-13-21-36(29-5,30-6)31-7)19-14-22-37(32-8,33-9)34-10/h11-22H2,1-10H3. The van der Waals surface area contributed by atoms with Gasteiger partial charge < -0.3 is 44.6 Å². The van der Waals surface area contributed by atoms with Gasteiger partial charge in [-0.25, -0.2) is 0 Å². The topological polar surface area (TPSA) is 100 Å². The monoisotopic (exact) mass is 586 g/mol. The number of ketones is 1. The Morgan fingerprint density at radius 1 is 0.486 bits per heavy atom. The van der Waals surface area contributed by atoms with Gasteiger partial charge in [0.15, 0.2) is 0 Å². The molecule has 0 saturated carbocycles. The lowest BCUT2D eigenvalue weighted by Gasteiger charge is -2.37. The molecule has 222 valence electrons. The summed E-state index contributed by atoms with van der Waals surface area (Å²) in [5, 5.41) is 0. The van der Waals surface area contributed by atoms with Crippen molar-refractivity contribution in [1.82, 2.24) is 0 Å². The second kappa shape index (κ2) is 19.1. The third kappa shape index (κ3) is 12.3. The van der Waals surface area contributed by atoms with Crippen molar-refractivity contribution in [3.8, 4) is 0 Å². The maximum Gasteiger partial charge on any atom is 0.500 e. The maximum absolute atomic E-state index is 11.8. The molecular weight excluding hydrogens is 533 g/mol. The van der Waals surface area contributed by atoms with E-state index in [9.17, 15) is 4.79 Å². The van der Waals surface area contributed by atoms with Crippen LogP contribution in [0.4, 0.5) is 0 Å². The van der Waals surface area contributed by atoms with E-state index < -0.39 is 26.4 Å². The van der Waals surface area contributed by atoms with Crippen LogP contribution >= 0.6 is 0 Å². The molecule has 13 heteroatoms. The first-order chi connectivity index (χ1) is 17.6. The second-order valence-corrected chi connectivity index (χ2v) is 18.8. The van der Waals surface area contributed by atoms with Gasteiger partial charge in [0.1, 0.15) is 5.78 Å². The van der Waals surface area contributed by atoms with E-state index >= 15 is 0 Å². The van der Waals surface area contributed by atoms with Crippen LogP contribution in [-0.4, -0.2) is 96.2 Å². The van der Waals surface area contributed by atoms with Gasteiger partial charge in [-0.15, -0.1) is 0 Å². The zero-order valence-electron chi connectivity index (χ0n) is 25.1. The number of carbonyl (C=O) groups is 1. The van der Waals surface area contributed by atoms with Gasteiger partial charge in [-0.3, -0.25) is 0 Å². The SMILES string of the molecule is CO[Si](CCCC(CCCC(C)=O)(CCC[Si](OC)(OC)OC)CCC[Si](OC)(OC)OC)(OC)OC. The van der Waals surface area contributed by atoms with Crippen molar-refractivity contribution in [2.45, 2.75) is 82.8 Å². The summed E-state index contributed by atoms with van der Waals surface area (Å²) in [4.78, 5) is 11.8. The van der Waals surface area contributed by atoms with E-state index in [2.05, 4.69) is 0 Å². The Morgan fingerprint density at radius 3 is 0.946 bits per heavy atom. The Kier molecular flexibility index (Phi) is 19.1. The molecule has 0 rings (SSSR count). The highest BCUT2D eigenvalue weighted by atomic mass is 28.4. The van der Waals surface area contributed by atoms with E-state index in [0.29, 0.717) is 6.42 Å². The third-order valence-electron chi connectivity index (χ3n) is 7.61. The lowest BCUT2D eigenvalue weighted by molar-refractivity contribution is -0.117. The quantitative estimate of drug-likeness (QED) is 0.140. The van der Waals surface area contributed by atoms with Crippen LogP contribution < -0.4 is 0 Å². The van der Waals surface area contributed by atoms with Crippen LogP contribution in [0.5, 0.6) is 0 Å². The molecule has 0 amide bonds. The molecule has 0 unspecified atom stereocenters. The Balaban J connectivity index is 5.84. The molecule has 0 aromatic heterocycles.